The van der Waals surface area contributed by atoms with Crippen LogP contribution in [0.25, 0.3) is 11.0 Å². The number of imidazole rings is 1. The van der Waals surface area contributed by atoms with Gasteiger partial charge in [0.25, 0.3) is 10.2 Å². The smallest absolute Gasteiger partial charge is 0.279 e. The molecule has 0 aliphatic carbocycles. The number of H-pyrrole nitrogens is 1. The van der Waals surface area contributed by atoms with Gasteiger partial charge in [0.15, 0.2) is 0 Å². The number of rotatable bonds is 8. The van der Waals surface area contributed by atoms with E-state index in [1.807, 2.05) is 0 Å². The van der Waals surface area contributed by atoms with Crippen molar-refractivity contribution in [2.45, 2.75) is 25.7 Å². The average Bonchev–Trinajstić information content (AvgIpc) is 3.01. The van der Waals surface area contributed by atoms with Crippen LogP contribution >= 0.6 is 0 Å². The Morgan fingerprint density at radius 2 is 2.31 bits per heavy atom. The molecule has 9 heteroatoms. The molecule has 3 rings (SSSR count). The third-order valence-electron chi connectivity index (χ3n) is 4.59. The number of aromatic amines is 1. The lowest BCUT2D eigenvalue weighted by Crippen LogP contribution is -2.47. The molecule has 0 spiro atoms. The Balaban J connectivity index is 1.48. The Labute approximate surface area is 153 Å². The highest BCUT2D eigenvalue weighted by molar-refractivity contribution is 7.87. The monoisotopic (exact) mass is 384 g/mol. The lowest BCUT2D eigenvalue weighted by atomic mass is 10.0. The van der Waals surface area contributed by atoms with Gasteiger partial charge in [-0.25, -0.2) is 14.1 Å². The summed E-state index contributed by atoms with van der Waals surface area (Å²) in [6.45, 7) is 1.96. The second kappa shape index (κ2) is 8.43. The van der Waals surface area contributed by atoms with E-state index in [2.05, 4.69) is 14.7 Å². The van der Waals surface area contributed by atoms with Crippen LogP contribution in [0.1, 0.15) is 25.1 Å². The Morgan fingerprint density at radius 3 is 3.12 bits per heavy atom. The second-order valence-electron chi connectivity index (χ2n) is 6.67. The van der Waals surface area contributed by atoms with Crippen molar-refractivity contribution in [3.05, 3.63) is 29.8 Å². The first kappa shape index (κ1) is 19.2. The molecule has 1 aliphatic rings. The molecule has 1 unspecified atom stereocenters. The summed E-state index contributed by atoms with van der Waals surface area (Å²) in [7, 11) is -1.83. The van der Waals surface area contributed by atoms with Gasteiger partial charge in [0, 0.05) is 33.2 Å². The molecule has 26 heavy (non-hydrogen) atoms. The number of piperidine rings is 1. The average molecular weight is 384 g/mol. The largest absolute Gasteiger partial charge is 0.384 e. The molecule has 1 aliphatic heterocycles. The van der Waals surface area contributed by atoms with Gasteiger partial charge in [0.05, 0.1) is 17.6 Å². The number of fused-ring (bicyclic) bond motifs is 1. The fourth-order valence-electron chi connectivity index (χ4n) is 3.32. The maximum atomic E-state index is 13.2. The van der Waals surface area contributed by atoms with Crippen molar-refractivity contribution in [3.63, 3.8) is 0 Å². The highest BCUT2D eigenvalue weighted by Crippen LogP contribution is 2.19. The molecule has 0 amide bonds. The summed E-state index contributed by atoms with van der Waals surface area (Å²) in [5.41, 5.74) is 1.36. The van der Waals surface area contributed by atoms with Crippen molar-refractivity contribution in [2.24, 2.45) is 5.92 Å². The summed E-state index contributed by atoms with van der Waals surface area (Å²) >= 11 is 0. The number of aryl methyl sites for hydroxylation is 1. The molecule has 2 aromatic rings. The van der Waals surface area contributed by atoms with Crippen molar-refractivity contribution in [1.82, 2.24) is 19.0 Å². The number of hydrogen-bond donors (Lipinski definition) is 2. The third-order valence-corrected chi connectivity index (χ3v) is 6.17. The van der Waals surface area contributed by atoms with Crippen LogP contribution in [0.2, 0.25) is 0 Å². The van der Waals surface area contributed by atoms with E-state index in [-0.39, 0.29) is 11.7 Å². The number of methoxy groups -OCH3 is 1. The molecule has 1 fully saturated rings. The fourth-order valence-corrected chi connectivity index (χ4v) is 4.68. The standard InChI is InChI=1S/C17H25FN4O3S/c1-25-12-13-4-3-9-22(11-13)26(23,24)19-8-2-5-17-20-15-7-6-14(18)10-16(15)21-17/h6-7,10,13,19H,2-5,8-9,11-12H2,1H3,(H,20,21). The zero-order chi connectivity index (χ0) is 18.6. The number of hydrogen-bond acceptors (Lipinski definition) is 4. The summed E-state index contributed by atoms with van der Waals surface area (Å²) in [6.07, 6.45) is 3.04. The first-order chi connectivity index (χ1) is 12.5. The maximum Gasteiger partial charge on any atom is 0.279 e. The van der Waals surface area contributed by atoms with E-state index in [4.69, 9.17) is 4.74 Å². The van der Waals surface area contributed by atoms with Gasteiger partial charge >= 0.3 is 0 Å². The number of ether oxygens (including phenoxy) is 1. The molecule has 0 radical (unpaired) electrons. The first-order valence-electron chi connectivity index (χ1n) is 8.86. The Bertz CT molecular complexity index is 838. The van der Waals surface area contributed by atoms with Crippen molar-refractivity contribution >= 4 is 21.2 Å². The minimum atomic E-state index is -3.47. The van der Waals surface area contributed by atoms with Gasteiger partial charge in [0.2, 0.25) is 0 Å². The SMILES string of the molecule is COCC1CCCN(S(=O)(=O)NCCCc2nc3ccc(F)cc3[nH]2)C1. The van der Waals surface area contributed by atoms with E-state index in [0.717, 1.165) is 18.7 Å². The topological polar surface area (TPSA) is 87.3 Å². The first-order valence-corrected chi connectivity index (χ1v) is 10.3. The van der Waals surface area contributed by atoms with Crippen LogP contribution in [0.15, 0.2) is 18.2 Å². The van der Waals surface area contributed by atoms with E-state index < -0.39 is 10.2 Å². The van der Waals surface area contributed by atoms with Crippen LogP contribution in [-0.4, -0.2) is 56.0 Å². The van der Waals surface area contributed by atoms with Gasteiger partial charge in [-0.3, -0.25) is 0 Å². The van der Waals surface area contributed by atoms with E-state index in [9.17, 15) is 12.8 Å². The van der Waals surface area contributed by atoms with E-state index in [0.29, 0.717) is 50.1 Å². The highest BCUT2D eigenvalue weighted by atomic mass is 32.2. The molecule has 2 heterocycles. The Morgan fingerprint density at radius 1 is 1.46 bits per heavy atom. The molecular formula is C17H25FN4O3S. The number of nitrogens with one attached hydrogen (secondary N) is 2. The molecular weight excluding hydrogens is 359 g/mol. The third kappa shape index (κ3) is 4.79. The Hall–Kier alpha value is -1.55. The molecule has 0 bridgehead atoms. The molecule has 7 nitrogen and oxygen atoms in total. The van der Waals surface area contributed by atoms with Crippen LogP contribution in [-0.2, 0) is 21.4 Å². The number of aromatic nitrogens is 2. The van der Waals surface area contributed by atoms with E-state index >= 15 is 0 Å². The number of halogens is 1. The van der Waals surface area contributed by atoms with Gasteiger partial charge < -0.3 is 9.72 Å². The lowest BCUT2D eigenvalue weighted by molar-refractivity contribution is 0.118. The van der Waals surface area contributed by atoms with Crippen LogP contribution < -0.4 is 4.72 Å². The predicted molar refractivity (Wildman–Crippen MR) is 97.5 cm³/mol. The maximum absolute atomic E-state index is 13.2. The van der Waals surface area contributed by atoms with Gasteiger partial charge in [-0.05, 0) is 43.4 Å². The summed E-state index contributed by atoms with van der Waals surface area (Å²) in [4.78, 5) is 7.45. The van der Waals surface area contributed by atoms with Gasteiger partial charge in [-0.1, -0.05) is 0 Å². The van der Waals surface area contributed by atoms with Crippen LogP contribution in [0.3, 0.4) is 0 Å². The normalized spacial score (nSPS) is 19.2. The summed E-state index contributed by atoms with van der Waals surface area (Å²) < 4.78 is 47.4. The summed E-state index contributed by atoms with van der Waals surface area (Å²) in [5, 5.41) is 0. The molecule has 1 saturated heterocycles. The molecule has 144 valence electrons. The summed E-state index contributed by atoms with van der Waals surface area (Å²) in [5.74, 6) is 0.665. The number of benzene rings is 1. The predicted octanol–water partition coefficient (Wildman–Crippen LogP) is 1.83. The van der Waals surface area contributed by atoms with Gasteiger partial charge in [0.1, 0.15) is 11.6 Å². The van der Waals surface area contributed by atoms with Crippen molar-refractivity contribution in [3.8, 4) is 0 Å². The van der Waals surface area contributed by atoms with E-state index in [1.54, 1.807) is 13.2 Å². The minimum Gasteiger partial charge on any atom is -0.384 e. The molecule has 2 N–H and O–H groups in total. The summed E-state index contributed by atoms with van der Waals surface area (Å²) in [6, 6.07) is 4.40. The fraction of sp³-hybridized carbons (Fsp3) is 0.588. The van der Waals surface area contributed by atoms with Gasteiger partial charge in [-0.15, -0.1) is 0 Å². The quantitative estimate of drug-likeness (QED) is 0.680. The van der Waals surface area contributed by atoms with Crippen LogP contribution in [0.5, 0.6) is 0 Å². The van der Waals surface area contributed by atoms with Crippen LogP contribution in [0.4, 0.5) is 4.39 Å². The second-order valence-corrected chi connectivity index (χ2v) is 8.42. The highest BCUT2D eigenvalue weighted by Gasteiger charge is 2.28. The minimum absolute atomic E-state index is 0.251. The number of nitrogens with zero attached hydrogens (tertiary/aromatic N) is 2. The van der Waals surface area contributed by atoms with Crippen molar-refractivity contribution in [1.29, 1.82) is 0 Å². The molecule has 1 aromatic heterocycles. The zero-order valence-electron chi connectivity index (χ0n) is 14.9. The zero-order valence-corrected chi connectivity index (χ0v) is 15.7. The van der Waals surface area contributed by atoms with E-state index in [1.165, 1.54) is 16.4 Å². The molecule has 0 saturated carbocycles. The Kier molecular flexibility index (Phi) is 6.23. The van der Waals surface area contributed by atoms with Crippen molar-refractivity contribution < 1.29 is 17.5 Å². The van der Waals surface area contributed by atoms with Crippen molar-refractivity contribution in [2.75, 3.05) is 33.4 Å². The molecule has 1 aromatic carbocycles. The van der Waals surface area contributed by atoms with Crippen LogP contribution in [0, 0.1) is 11.7 Å². The van der Waals surface area contributed by atoms with Gasteiger partial charge in [-0.2, -0.15) is 12.7 Å². The lowest BCUT2D eigenvalue weighted by Gasteiger charge is -2.31. The molecule has 1 atom stereocenters.